The highest BCUT2D eigenvalue weighted by Crippen LogP contribution is 1.80. The Bertz CT molecular complexity index is 53.0. The third-order valence-corrected chi connectivity index (χ3v) is 0.414. The summed E-state index contributed by atoms with van der Waals surface area (Å²) in [4.78, 5) is 0. The van der Waals surface area contributed by atoms with Crippen LogP contribution in [0.3, 0.4) is 0 Å². The SMILES string of the molecule is CCNC(O)(O)O.Cl. The summed E-state index contributed by atoms with van der Waals surface area (Å²) in [5.74, 6) is 0. The first-order valence-corrected chi connectivity index (χ1v) is 1.98. The maximum atomic E-state index is 8.02. The molecule has 0 aliphatic carbocycles. The summed E-state index contributed by atoms with van der Waals surface area (Å²) in [6, 6.07) is 0. The van der Waals surface area contributed by atoms with Crippen LogP contribution in [0.1, 0.15) is 6.92 Å². The summed E-state index contributed by atoms with van der Waals surface area (Å²) < 4.78 is 0. The van der Waals surface area contributed by atoms with E-state index >= 15 is 0 Å². The van der Waals surface area contributed by atoms with Gasteiger partial charge in [-0.2, -0.15) is 0 Å². The van der Waals surface area contributed by atoms with Crippen LogP contribution in [-0.4, -0.2) is 28.0 Å². The van der Waals surface area contributed by atoms with Crippen molar-refractivity contribution in [2.24, 2.45) is 0 Å². The number of hydrogen-bond acceptors (Lipinski definition) is 4. The van der Waals surface area contributed by atoms with Crippen molar-refractivity contribution in [2.45, 2.75) is 13.0 Å². The molecule has 0 aromatic rings. The summed E-state index contributed by atoms with van der Waals surface area (Å²) in [5.41, 5.74) is 0. The van der Waals surface area contributed by atoms with Gasteiger partial charge in [-0.3, -0.25) is 0 Å². The molecule has 0 amide bonds. The summed E-state index contributed by atoms with van der Waals surface area (Å²) in [6.07, 6.45) is -2.70. The molecule has 0 aliphatic heterocycles. The monoisotopic (exact) mass is 143 g/mol. The Kier molecular flexibility index (Phi) is 5.57. The molecule has 0 aromatic carbocycles. The van der Waals surface area contributed by atoms with E-state index in [1.54, 1.807) is 6.92 Å². The zero-order valence-corrected chi connectivity index (χ0v) is 5.27. The fourth-order valence-electron chi connectivity index (χ4n) is 0.237. The van der Waals surface area contributed by atoms with Gasteiger partial charge in [0.2, 0.25) is 0 Å². The standard InChI is InChI=1S/C3H9NO3.ClH/c1-2-4-3(5,6)7;/h4-7H,2H2,1H3;1H. The van der Waals surface area contributed by atoms with E-state index in [0.717, 1.165) is 0 Å². The highest BCUT2D eigenvalue weighted by atomic mass is 35.5. The molecule has 8 heavy (non-hydrogen) atoms. The Labute approximate surface area is 53.6 Å². The quantitative estimate of drug-likeness (QED) is 0.359. The van der Waals surface area contributed by atoms with Gasteiger partial charge in [-0.05, 0) is 6.54 Å². The Morgan fingerprint density at radius 2 is 1.75 bits per heavy atom. The minimum atomic E-state index is -2.70. The van der Waals surface area contributed by atoms with Crippen molar-refractivity contribution in [3.05, 3.63) is 0 Å². The lowest BCUT2D eigenvalue weighted by atomic mass is 10.7. The Morgan fingerprint density at radius 1 is 1.38 bits per heavy atom. The average molecular weight is 144 g/mol. The van der Waals surface area contributed by atoms with Crippen LogP contribution in [-0.2, 0) is 0 Å². The molecule has 0 radical (unpaired) electrons. The van der Waals surface area contributed by atoms with Gasteiger partial charge in [-0.15, -0.1) is 12.4 Å². The molecule has 4 nitrogen and oxygen atoms in total. The lowest BCUT2D eigenvalue weighted by Crippen LogP contribution is -2.44. The molecule has 0 unspecified atom stereocenters. The van der Waals surface area contributed by atoms with Gasteiger partial charge < -0.3 is 15.3 Å². The van der Waals surface area contributed by atoms with E-state index in [4.69, 9.17) is 15.3 Å². The Morgan fingerprint density at radius 3 is 1.75 bits per heavy atom. The highest BCUT2D eigenvalue weighted by molar-refractivity contribution is 5.85. The van der Waals surface area contributed by atoms with Gasteiger partial charge in [-0.1, -0.05) is 6.92 Å². The second-order valence-corrected chi connectivity index (χ2v) is 1.17. The first-order chi connectivity index (χ1) is 3.06. The topological polar surface area (TPSA) is 72.7 Å². The van der Waals surface area contributed by atoms with Crippen molar-refractivity contribution >= 4 is 12.4 Å². The minimum absolute atomic E-state index is 0. The molecule has 4 N–H and O–H groups in total. The molecule has 5 heteroatoms. The molecule has 0 aromatic heterocycles. The van der Waals surface area contributed by atoms with Gasteiger partial charge in [0.05, 0.1) is 0 Å². The van der Waals surface area contributed by atoms with E-state index in [1.807, 2.05) is 5.32 Å². The van der Waals surface area contributed by atoms with E-state index in [1.165, 1.54) is 0 Å². The minimum Gasteiger partial charge on any atom is -0.330 e. The van der Waals surface area contributed by atoms with E-state index in [2.05, 4.69) is 0 Å². The molecule has 0 bridgehead atoms. The van der Waals surface area contributed by atoms with Crippen LogP contribution in [0.4, 0.5) is 0 Å². The third-order valence-electron chi connectivity index (χ3n) is 0.414. The fraction of sp³-hybridized carbons (Fsp3) is 1.00. The second-order valence-electron chi connectivity index (χ2n) is 1.17. The van der Waals surface area contributed by atoms with Crippen LogP contribution < -0.4 is 5.32 Å². The largest absolute Gasteiger partial charge is 0.343 e. The van der Waals surface area contributed by atoms with E-state index in [0.29, 0.717) is 6.54 Å². The number of aliphatic hydroxyl groups is 3. The third kappa shape index (κ3) is 9.46. The van der Waals surface area contributed by atoms with Crippen molar-refractivity contribution in [2.75, 3.05) is 6.54 Å². The van der Waals surface area contributed by atoms with Crippen molar-refractivity contribution in [1.82, 2.24) is 5.32 Å². The van der Waals surface area contributed by atoms with Gasteiger partial charge in [0.25, 0.3) is 0 Å². The van der Waals surface area contributed by atoms with Gasteiger partial charge in [0.1, 0.15) is 0 Å². The van der Waals surface area contributed by atoms with Crippen LogP contribution in [0.5, 0.6) is 0 Å². The summed E-state index contributed by atoms with van der Waals surface area (Å²) >= 11 is 0. The van der Waals surface area contributed by atoms with Crippen LogP contribution in [0, 0.1) is 0 Å². The van der Waals surface area contributed by atoms with Crippen LogP contribution in [0.15, 0.2) is 0 Å². The summed E-state index contributed by atoms with van der Waals surface area (Å²) in [5, 5.41) is 26.0. The van der Waals surface area contributed by atoms with E-state index in [-0.39, 0.29) is 12.4 Å². The number of halogens is 1. The predicted molar refractivity (Wildman–Crippen MR) is 30.3 cm³/mol. The zero-order chi connectivity index (χ0) is 5.91. The molecular formula is C3H10ClNO3. The first-order valence-electron chi connectivity index (χ1n) is 1.98. The lowest BCUT2D eigenvalue weighted by Gasteiger charge is -2.12. The number of rotatable bonds is 2. The zero-order valence-electron chi connectivity index (χ0n) is 4.46. The summed E-state index contributed by atoms with van der Waals surface area (Å²) in [6.45, 7) is 1.95. The molecule has 0 heterocycles. The molecule has 52 valence electrons. The molecule has 0 saturated heterocycles. The van der Waals surface area contributed by atoms with Crippen molar-refractivity contribution in [3.63, 3.8) is 0 Å². The van der Waals surface area contributed by atoms with E-state index in [9.17, 15) is 0 Å². The van der Waals surface area contributed by atoms with Crippen LogP contribution in [0.2, 0.25) is 0 Å². The van der Waals surface area contributed by atoms with Crippen molar-refractivity contribution in [3.8, 4) is 0 Å². The van der Waals surface area contributed by atoms with Gasteiger partial charge >= 0.3 is 6.10 Å². The van der Waals surface area contributed by atoms with E-state index < -0.39 is 6.10 Å². The van der Waals surface area contributed by atoms with Crippen molar-refractivity contribution in [1.29, 1.82) is 0 Å². The number of nitrogens with one attached hydrogen (secondary N) is 1. The van der Waals surface area contributed by atoms with Crippen LogP contribution in [0.25, 0.3) is 0 Å². The van der Waals surface area contributed by atoms with Gasteiger partial charge in [-0.25, -0.2) is 5.32 Å². The molecule has 0 aliphatic rings. The predicted octanol–water partition coefficient (Wildman–Crippen LogP) is -1.39. The highest BCUT2D eigenvalue weighted by Gasteiger charge is 2.13. The maximum absolute atomic E-state index is 8.02. The number of hydrogen-bond donors (Lipinski definition) is 4. The Hall–Kier alpha value is 0.130. The fourth-order valence-corrected chi connectivity index (χ4v) is 0.237. The maximum Gasteiger partial charge on any atom is 0.343 e. The van der Waals surface area contributed by atoms with Crippen LogP contribution >= 0.6 is 12.4 Å². The average Bonchev–Trinajstić information content (AvgIpc) is 1.30. The normalized spacial score (nSPS) is 10.5. The molecular weight excluding hydrogens is 133 g/mol. The molecule has 0 spiro atoms. The second kappa shape index (κ2) is 4.05. The molecule has 0 rings (SSSR count). The van der Waals surface area contributed by atoms with Gasteiger partial charge in [0, 0.05) is 0 Å². The first kappa shape index (κ1) is 11.0. The summed E-state index contributed by atoms with van der Waals surface area (Å²) in [7, 11) is 0. The molecule has 0 fully saturated rings. The van der Waals surface area contributed by atoms with Gasteiger partial charge in [0.15, 0.2) is 0 Å². The smallest absolute Gasteiger partial charge is 0.330 e. The Balaban J connectivity index is 0. The lowest BCUT2D eigenvalue weighted by molar-refractivity contribution is -0.330. The molecule has 0 saturated carbocycles. The van der Waals surface area contributed by atoms with Crippen molar-refractivity contribution < 1.29 is 15.3 Å². The molecule has 0 atom stereocenters.